The SMILES string of the molecule is CCNS(=O)(=O)N1CCOC(CN)C1.Cl. The molecule has 0 aromatic rings. The largest absolute Gasteiger partial charge is 0.374 e. The second-order valence-corrected chi connectivity index (χ2v) is 4.84. The van der Waals surface area contributed by atoms with E-state index in [1.807, 2.05) is 0 Å². The van der Waals surface area contributed by atoms with Gasteiger partial charge in [0.15, 0.2) is 0 Å². The first-order valence-corrected chi connectivity index (χ1v) is 6.10. The fourth-order valence-electron chi connectivity index (χ4n) is 1.33. The molecule has 1 heterocycles. The lowest BCUT2D eigenvalue weighted by atomic mass is 10.3. The van der Waals surface area contributed by atoms with Gasteiger partial charge in [-0.05, 0) is 0 Å². The minimum absolute atomic E-state index is 0. The Morgan fingerprint density at radius 2 is 2.27 bits per heavy atom. The van der Waals surface area contributed by atoms with Crippen molar-refractivity contribution in [1.29, 1.82) is 0 Å². The molecule has 0 saturated carbocycles. The highest BCUT2D eigenvalue weighted by atomic mass is 35.5. The van der Waals surface area contributed by atoms with Crippen LogP contribution in [-0.4, -0.2) is 51.6 Å². The van der Waals surface area contributed by atoms with Crippen LogP contribution in [0.5, 0.6) is 0 Å². The van der Waals surface area contributed by atoms with Crippen molar-refractivity contribution >= 4 is 22.6 Å². The number of nitrogens with one attached hydrogen (secondary N) is 1. The first-order chi connectivity index (χ1) is 6.60. The number of rotatable bonds is 4. The summed E-state index contributed by atoms with van der Waals surface area (Å²) in [6, 6.07) is 0. The molecule has 0 aromatic carbocycles. The number of nitrogens with zero attached hydrogens (tertiary/aromatic N) is 1. The molecule has 1 rings (SSSR count). The van der Waals surface area contributed by atoms with Crippen LogP contribution >= 0.6 is 12.4 Å². The third-order valence-electron chi connectivity index (χ3n) is 2.03. The smallest absolute Gasteiger partial charge is 0.279 e. The van der Waals surface area contributed by atoms with Crippen LogP contribution < -0.4 is 10.5 Å². The van der Waals surface area contributed by atoms with Gasteiger partial charge in [-0.3, -0.25) is 0 Å². The van der Waals surface area contributed by atoms with Crippen LogP contribution in [0.2, 0.25) is 0 Å². The van der Waals surface area contributed by atoms with Gasteiger partial charge in [-0.15, -0.1) is 12.4 Å². The average molecular weight is 260 g/mol. The van der Waals surface area contributed by atoms with E-state index >= 15 is 0 Å². The molecule has 15 heavy (non-hydrogen) atoms. The fourth-order valence-corrected chi connectivity index (χ4v) is 2.55. The van der Waals surface area contributed by atoms with Gasteiger partial charge in [-0.1, -0.05) is 6.92 Å². The van der Waals surface area contributed by atoms with Crippen LogP contribution in [0.1, 0.15) is 6.92 Å². The fraction of sp³-hybridized carbons (Fsp3) is 1.00. The highest BCUT2D eigenvalue weighted by molar-refractivity contribution is 7.87. The number of morpholine rings is 1. The lowest BCUT2D eigenvalue weighted by molar-refractivity contribution is 0.00415. The van der Waals surface area contributed by atoms with E-state index in [4.69, 9.17) is 10.5 Å². The minimum Gasteiger partial charge on any atom is -0.374 e. The number of ether oxygens (including phenoxy) is 1. The average Bonchev–Trinajstić information content (AvgIpc) is 2.18. The Hall–Kier alpha value is 0.0800. The van der Waals surface area contributed by atoms with E-state index in [2.05, 4.69) is 4.72 Å². The van der Waals surface area contributed by atoms with Crippen LogP contribution in [-0.2, 0) is 14.9 Å². The van der Waals surface area contributed by atoms with Crippen LogP contribution in [0.15, 0.2) is 0 Å². The third kappa shape index (κ3) is 4.21. The topological polar surface area (TPSA) is 84.7 Å². The molecule has 1 unspecified atom stereocenters. The van der Waals surface area contributed by atoms with Gasteiger partial charge in [-0.25, -0.2) is 4.72 Å². The molecule has 0 aliphatic carbocycles. The van der Waals surface area contributed by atoms with Gasteiger partial charge in [0.05, 0.1) is 12.7 Å². The maximum absolute atomic E-state index is 11.6. The molecule has 1 fully saturated rings. The van der Waals surface area contributed by atoms with Crippen LogP contribution in [0.4, 0.5) is 0 Å². The summed E-state index contributed by atoms with van der Waals surface area (Å²) < 4.78 is 32.2. The van der Waals surface area contributed by atoms with Crippen LogP contribution in [0.3, 0.4) is 0 Å². The second kappa shape index (κ2) is 6.62. The summed E-state index contributed by atoms with van der Waals surface area (Å²) in [5.41, 5.74) is 5.42. The standard InChI is InChI=1S/C7H17N3O3S.ClH/c1-2-9-14(11,12)10-3-4-13-7(5-8)6-10;/h7,9H,2-6,8H2,1H3;1H. The molecule has 8 heteroatoms. The molecule has 0 aromatic heterocycles. The molecule has 1 atom stereocenters. The molecule has 1 aliphatic rings. The number of halogens is 1. The Morgan fingerprint density at radius 1 is 1.60 bits per heavy atom. The van der Waals surface area contributed by atoms with E-state index in [1.54, 1.807) is 6.92 Å². The van der Waals surface area contributed by atoms with E-state index in [-0.39, 0.29) is 18.5 Å². The molecule has 0 spiro atoms. The van der Waals surface area contributed by atoms with E-state index in [0.29, 0.717) is 32.8 Å². The summed E-state index contributed by atoms with van der Waals surface area (Å²) in [5, 5.41) is 0. The van der Waals surface area contributed by atoms with Gasteiger partial charge >= 0.3 is 0 Å². The Kier molecular flexibility index (Phi) is 6.65. The summed E-state index contributed by atoms with van der Waals surface area (Å²) in [4.78, 5) is 0. The van der Waals surface area contributed by atoms with Gasteiger partial charge < -0.3 is 10.5 Å². The highest BCUT2D eigenvalue weighted by Crippen LogP contribution is 2.07. The predicted molar refractivity (Wildman–Crippen MR) is 60.2 cm³/mol. The summed E-state index contributed by atoms with van der Waals surface area (Å²) in [5.74, 6) is 0. The molecular weight excluding hydrogens is 242 g/mol. The number of hydrogen-bond donors (Lipinski definition) is 2. The Labute approximate surface area is 96.7 Å². The number of nitrogens with two attached hydrogens (primary N) is 1. The molecule has 0 bridgehead atoms. The van der Waals surface area contributed by atoms with Gasteiger partial charge in [0.2, 0.25) is 0 Å². The first-order valence-electron chi connectivity index (χ1n) is 4.66. The lowest BCUT2D eigenvalue weighted by Gasteiger charge is -2.31. The Morgan fingerprint density at radius 3 is 2.80 bits per heavy atom. The second-order valence-electron chi connectivity index (χ2n) is 3.09. The monoisotopic (exact) mass is 259 g/mol. The van der Waals surface area contributed by atoms with Crippen LogP contribution in [0.25, 0.3) is 0 Å². The van der Waals surface area contributed by atoms with Crippen molar-refractivity contribution < 1.29 is 13.2 Å². The zero-order valence-electron chi connectivity index (χ0n) is 8.68. The summed E-state index contributed by atoms with van der Waals surface area (Å²) in [7, 11) is -3.33. The molecule has 92 valence electrons. The highest BCUT2D eigenvalue weighted by Gasteiger charge is 2.27. The maximum Gasteiger partial charge on any atom is 0.279 e. The van der Waals surface area contributed by atoms with Crippen molar-refractivity contribution in [2.45, 2.75) is 13.0 Å². The normalized spacial score (nSPS) is 23.5. The molecule has 6 nitrogen and oxygen atoms in total. The van der Waals surface area contributed by atoms with Crippen molar-refractivity contribution in [3.8, 4) is 0 Å². The van der Waals surface area contributed by atoms with Gasteiger partial charge in [0, 0.05) is 26.2 Å². The first kappa shape index (κ1) is 15.1. The van der Waals surface area contributed by atoms with E-state index in [0.717, 1.165) is 0 Å². The minimum atomic E-state index is -3.33. The van der Waals surface area contributed by atoms with E-state index < -0.39 is 10.2 Å². The Balaban J connectivity index is 0.00000196. The summed E-state index contributed by atoms with van der Waals surface area (Å²) in [6.07, 6.45) is -0.183. The van der Waals surface area contributed by atoms with Gasteiger partial charge in [0.1, 0.15) is 0 Å². The molecule has 3 N–H and O–H groups in total. The van der Waals surface area contributed by atoms with E-state index in [9.17, 15) is 8.42 Å². The van der Waals surface area contributed by atoms with Crippen molar-refractivity contribution in [1.82, 2.24) is 9.03 Å². The summed E-state index contributed by atoms with van der Waals surface area (Å²) >= 11 is 0. The molecule has 0 amide bonds. The van der Waals surface area contributed by atoms with Gasteiger partial charge in [-0.2, -0.15) is 12.7 Å². The predicted octanol–water partition coefficient (Wildman–Crippen LogP) is -1.08. The van der Waals surface area contributed by atoms with Crippen molar-refractivity contribution in [3.63, 3.8) is 0 Å². The van der Waals surface area contributed by atoms with Gasteiger partial charge in [0.25, 0.3) is 10.2 Å². The van der Waals surface area contributed by atoms with E-state index in [1.165, 1.54) is 4.31 Å². The van der Waals surface area contributed by atoms with Crippen LogP contribution in [0, 0.1) is 0 Å². The summed E-state index contributed by atoms with van der Waals surface area (Å²) in [6.45, 7) is 3.63. The molecular formula is C7H18ClN3O3S. The van der Waals surface area contributed by atoms with Crippen molar-refractivity contribution in [2.24, 2.45) is 5.73 Å². The Bertz CT molecular complexity index is 273. The van der Waals surface area contributed by atoms with Crippen molar-refractivity contribution in [3.05, 3.63) is 0 Å². The zero-order chi connectivity index (χ0) is 10.6. The maximum atomic E-state index is 11.6. The zero-order valence-corrected chi connectivity index (χ0v) is 10.3. The molecule has 1 saturated heterocycles. The third-order valence-corrected chi connectivity index (χ3v) is 3.70. The van der Waals surface area contributed by atoms with Crippen molar-refractivity contribution in [2.75, 3.05) is 32.8 Å². The quantitative estimate of drug-likeness (QED) is 0.673. The molecule has 0 radical (unpaired) electrons. The lowest BCUT2D eigenvalue weighted by Crippen LogP contribution is -2.51. The number of hydrogen-bond acceptors (Lipinski definition) is 4. The molecule has 1 aliphatic heterocycles.